The van der Waals surface area contributed by atoms with Crippen LogP contribution in [0, 0.1) is 0 Å². The molecular weight excluding hydrogens is 294 g/mol. The van der Waals surface area contributed by atoms with Gasteiger partial charge in [0.2, 0.25) is 5.82 Å². The fourth-order valence-corrected chi connectivity index (χ4v) is 2.80. The van der Waals surface area contributed by atoms with Crippen molar-refractivity contribution in [1.29, 1.82) is 0 Å². The van der Waals surface area contributed by atoms with Crippen molar-refractivity contribution in [3.05, 3.63) is 47.0 Å². The Morgan fingerprint density at radius 2 is 2.00 bits per heavy atom. The number of rotatable bonds is 6. The van der Waals surface area contributed by atoms with E-state index in [1.54, 1.807) is 11.3 Å². The van der Waals surface area contributed by atoms with E-state index in [0.29, 0.717) is 5.82 Å². The van der Waals surface area contributed by atoms with E-state index >= 15 is 0 Å². The van der Waals surface area contributed by atoms with E-state index in [9.17, 15) is 0 Å². The second-order valence-corrected chi connectivity index (χ2v) is 6.10. The van der Waals surface area contributed by atoms with Gasteiger partial charge in [0.25, 0.3) is 0 Å². The van der Waals surface area contributed by atoms with Crippen molar-refractivity contribution in [2.45, 2.75) is 12.8 Å². The quantitative estimate of drug-likeness (QED) is 0.702. The van der Waals surface area contributed by atoms with E-state index in [1.807, 2.05) is 33.8 Å². The molecule has 0 bridgehead atoms. The van der Waals surface area contributed by atoms with Crippen LogP contribution in [0.1, 0.15) is 12.2 Å². The zero-order valence-electron chi connectivity index (χ0n) is 12.8. The first-order valence-electron chi connectivity index (χ1n) is 7.28. The third-order valence-corrected chi connectivity index (χ3v) is 3.93. The molecule has 3 rings (SSSR count). The first-order chi connectivity index (χ1) is 10.7. The highest BCUT2D eigenvalue weighted by Crippen LogP contribution is 2.19. The van der Waals surface area contributed by atoms with Gasteiger partial charge in [0, 0.05) is 11.8 Å². The van der Waals surface area contributed by atoms with Crippen LogP contribution < -0.4 is 0 Å². The molecule has 0 aliphatic heterocycles. The van der Waals surface area contributed by atoms with Crippen molar-refractivity contribution in [2.75, 3.05) is 20.6 Å². The van der Waals surface area contributed by atoms with Crippen LogP contribution >= 0.6 is 11.3 Å². The summed E-state index contributed by atoms with van der Waals surface area (Å²) >= 11 is 1.56. The van der Waals surface area contributed by atoms with Gasteiger partial charge in [-0.3, -0.25) is 0 Å². The van der Waals surface area contributed by atoms with Crippen LogP contribution in [-0.4, -0.2) is 45.3 Å². The van der Waals surface area contributed by atoms with Crippen molar-refractivity contribution in [3.63, 3.8) is 0 Å². The van der Waals surface area contributed by atoms with Gasteiger partial charge >= 0.3 is 0 Å². The topological polar surface area (TPSA) is 46.8 Å². The summed E-state index contributed by atoms with van der Waals surface area (Å²) in [4.78, 5) is 11.2. The van der Waals surface area contributed by atoms with Gasteiger partial charge in [-0.25, -0.2) is 14.6 Å². The molecule has 0 aliphatic carbocycles. The normalized spacial score (nSPS) is 11.2. The third-order valence-electron chi connectivity index (χ3n) is 3.34. The Kier molecular flexibility index (Phi) is 4.60. The van der Waals surface area contributed by atoms with Crippen LogP contribution in [0.25, 0.3) is 17.2 Å². The molecule has 0 N–H and O–H groups in total. The van der Waals surface area contributed by atoms with Crippen LogP contribution in [-0.2, 0) is 6.42 Å². The largest absolute Gasteiger partial charge is 0.309 e. The molecule has 3 aromatic rings. The number of hydrogen-bond donors (Lipinski definition) is 0. The lowest BCUT2D eigenvalue weighted by atomic mass is 10.2. The Morgan fingerprint density at radius 1 is 1.18 bits per heavy atom. The molecule has 0 atom stereocenters. The summed E-state index contributed by atoms with van der Waals surface area (Å²) in [5.74, 6) is 1.68. The van der Waals surface area contributed by atoms with E-state index in [0.717, 1.165) is 36.6 Å². The zero-order valence-corrected chi connectivity index (χ0v) is 13.6. The van der Waals surface area contributed by atoms with Gasteiger partial charge < -0.3 is 4.90 Å². The third kappa shape index (κ3) is 3.40. The molecule has 2 aromatic heterocycles. The molecule has 5 nitrogen and oxygen atoms in total. The van der Waals surface area contributed by atoms with Crippen molar-refractivity contribution in [1.82, 2.24) is 24.6 Å². The second-order valence-electron chi connectivity index (χ2n) is 5.38. The average Bonchev–Trinajstić information content (AvgIpc) is 3.17. The Balaban J connectivity index is 1.92. The fourth-order valence-electron chi connectivity index (χ4n) is 2.27. The minimum absolute atomic E-state index is 0.699. The lowest BCUT2D eigenvalue weighted by molar-refractivity contribution is 0.398. The Hall–Kier alpha value is -2.05. The standard InChI is InChI=1S/C16H19N5S/c1-20(2)10-6-9-15-18-16(14-11-22-12-17-14)19-21(15)13-7-4-3-5-8-13/h3-5,7-8,11-12H,6,9-10H2,1-2H3. The summed E-state index contributed by atoms with van der Waals surface area (Å²) in [6.45, 7) is 1.04. The summed E-state index contributed by atoms with van der Waals surface area (Å²) in [6, 6.07) is 10.1. The predicted molar refractivity (Wildman–Crippen MR) is 89.3 cm³/mol. The van der Waals surface area contributed by atoms with Gasteiger partial charge in [0.15, 0.2) is 0 Å². The Labute approximate surface area is 134 Å². The van der Waals surface area contributed by atoms with E-state index < -0.39 is 0 Å². The number of thiazole rings is 1. The van der Waals surface area contributed by atoms with Gasteiger partial charge in [-0.15, -0.1) is 16.4 Å². The highest BCUT2D eigenvalue weighted by atomic mass is 32.1. The molecule has 6 heteroatoms. The zero-order chi connectivity index (χ0) is 15.4. The minimum Gasteiger partial charge on any atom is -0.309 e. The van der Waals surface area contributed by atoms with Gasteiger partial charge in [0.1, 0.15) is 11.5 Å². The summed E-state index contributed by atoms with van der Waals surface area (Å²) in [5.41, 5.74) is 3.69. The molecule has 22 heavy (non-hydrogen) atoms. The van der Waals surface area contributed by atoms with Crippen LogP contribution in [0.2, 0.25) is 0 Å². The first-order valence-corrected chi connectivity index (χ1v) is 8.23. The van der Waals surface area contributed by atoms with E-state index in [4.69, 9.17) is 4.98 Å². The molecule has 1 aromatic carbocycles. The lowest BCUT2D eigenvalue weighted by Gasteiger charge is -2.09. The predicted octanol–water partition coefficient (Wildman–Crippen LogP) is 2.89. The number of aromatic nitrogens is 4. The monoisotopic (exact) mass is 313 g/mol. The van der Waals surface area contributed by atoms with Gasteiger partial charge in [0.05, 0.1) is 11.2 Å². The lowest BCUT2D eigenvalue weighted by Crippen LogP contribution is -2.14. The maximum Gasteiger partial charge on any atom is 0.201 e. The fraction of sp³-hybridized carbons (Fsp3) is 0.312. The number of para-hydroxylation sites is 1. The van der Waals surface area contributed by atoms with Gasteiger partial charge in [-0.2, -0.15) is 0 Å². The minimum atomic E-state index is 0.699. The van der Waals surface area contributed by atoms with Crippen LogP contribution in [0.3, 0.4) is 0 Å². The van der Waals surface area contributed by atoms with Crippen LogP contribution in [0.5, 0.6) is 0 Å². The SMILES string of the molecule is CN(C)CCCc1nc(-c2cscn2)nn1-c1ccccc1. The average molecular weight is 313 g/mol. The van der Waals surface area contributed by atoms with Gasteiger partial charge in [-0.1, -0.05) is 18.2 Å². The van der Waals surface area contributed by atoms with Crippen LogP contribution in [0.15, 0.2) is 41.2 Å². The smallest absolute Gasteiger partial charge is 0.201 e. The highest BCUT2D eigenvalue weighted by molar-refractivity contribution is 7.07. The molecule has 0 fully saturated rings. The number of hydrogen-bond acceptors (Lipinski definition) is 5. The highest BCUT2D eigenvalue weighted by Gasteiger charge is 2.14. The Morgan fingerprint density at radius 3 is 2.68 bits per heavy atom. The van der Waals surface area contributed by atoms with E-state index in [2.05, 4.69) is 41.2 Å². The van der Waals surface area contributed by atoms with Crippen molar-refractivity contribution in [3.8, 4) is 17.2 Å². The van der Waals surface area contributed by atoms with E-state index in [-0.39, 0.29) is 0 Å². The van der Waals surface area contributed by atoms with Crippen molar-refractivity contribution >= 4 is 11.3 Å². The molecule has 0 saturated heterocycles. The summed E-state index contributed by atoms with van der Waals surface area (Å²) < 4.78 is 1.93. The molecule has 114 valence electrons. The molecule has 0 spiro atoms. The summed E-state index contributed by atoms with van der Waals surface area (Å²) in [6.07, 6.45) is 1.94. The maximum absolute atomic E-state index is 4.70. The molecular formula is C16H19N5S. The molecule has 0 radical (unpaired) electrons. The maximum atomic E-state index is 4.70. The van der Waals surface area contributed by atoms with Gasteiger partial charge in [-0.05, 0) is 39.2 Å². The molecule has 0 amide bonds. The summed E-state index contributed by atoms with van der Waals surface area (Å²) in [5, 5.41) is 6.64. The number of aryl methyl sites for hydroxylation is 1. The molecule has 0 unspecified atom stereocenters. The van der Waals surface area contributed by atoms with Crippen molar-refractivity contribution in [2.24, 2.45) is 0 Å². The number of benzene rings is 1. The van der Waals surface area contributed by atoms with Crippen LogP contribution in [0.4, 0.5) is 0 Å². The second kappa shape index (κ2) is 6.81. The molecule has 2 heterocycles. The number of nitrogens with zero attached hydrogens (tertiary/aromatic N) is 5. The Bertz CT molecular complexity index is 703. The molecule has 0 saturated carbocycles. The van der Waals surface area contributed by atoms with Crippen molar-refractivity contribution < 1.29 is 0 Å². The van der Waals surface area contributed by atoms with E-state index in [1.165, 1.54) is 0 Å². The molecule has 0 aliphatic rings. The first kappa shape index (κ1) is 14.9. The summed E-state index contributed by atoms with van der Waals surface area (Å²) in [7, 11) is 4.17.